The first kappa shape index (κ1) is 21.9. The van der Waals surface area contributed by atoms with Gasteiger partial charge in [-0.2, -0.15) is 0 Å². The molecule has 0 aliphatic carbocycles. The van der Waals surface area contributed by atoms with E-state index in [1.165, 1.54) is 0 Å². The molecule has 4 rings (SSSR count). The number of hydrogen-bond acceptors (Lipinski definition) is 6. The zero-order valence-electron chi connectivity index (χ0n) is 18.7. The third-order valence-electron chi connectivity index (χ3n) is 5.23. The molecular formula is C26H24N6O. The molecule has 1 atom stereocenters. The Kier molecular flexibility index (Phi) is 6.58. The van der Waals surface area contributed by atoms with Gasteiger partial charge in [0.25, 0.3) is 0 Å². The van der Waals surface area contributed by atoms with Crippen LogP contribution in [0.25, 0.3) is 21.9 Å². The predicted molar refractivity (Wildman–Crippen MR) is 132 cm³/mol. The van der Waals surface area contributed by atoms with Crippen LogP contribution in [0.15, 0.2) is 67.0 Å². The van der Waals surface area contributed by atoms with Crippen LogP contribution in [0.1, 0.15) is 18.2 Å². The van der Waals surface area contributed by atoms with Gasteiger partial charge >= 0.3 is 0 Å². The number of likely N-dealkylation sites (N-methyl/N-ethyl adjacent to an activating group) is 1. The second-order valence-corrected chi connectivity index (χ2v) is 7.45. The van der Waals surface area contributed by atoms with Gasteiger partial charge in [-0.05, 0) is 54.9 Å². The number of nitrogens with zero attached hydrogens (tertiary/aromatic N) is 3. The van der Waals surface area contributed by atoms with E-state index in [-0.39, 0.29) is 11.9 Å². The lowest BCUT2D eigenvalue weighted by Gasteiger charge is -2.12. The van der Waals surface area contributed by atoms with Crippen molar-refractivity contribution in [3.8, 4) is 23.0 Å². The summed E-state index contributed by atoms with van der Waals surface area (Å²) in [4.78, 5) is 25.5. The van der Waals surface area contributed by atoms with Gasteiger partial charge in [-0.25, -0.2) is 15.0 Å². The molecule has 0 saturated carbocycles. The Morgan fingerprint density at radius 1 is 0.939 bits per heavy atom. The maximum absolute atomic E-state index is 12.3. The van der Waals surface area contributed by atoms with Crippen molar-refractivity contribution in [3.05, 3.63) is 78.2 Å². The number of pyridine rings is 1. The summed E-state index contributed by atoms with van der Waals surface area (Å²) in [5.41, 5.74) is 2.97. The summed E-state index contributed by atoms with van der Waals surface area (Å²) < 4.78 is 0. The zero-order chi connectivity index (χ0) is 23.2. The summed E-state index contributed by atoms with van der Waals surface area (Å²) in [5, 5.41) is 10.9. The Morgan fingerprint density at radius 2 is 1.70 bits per heavy atom. The molecule has 0 spiro atoms. The highest BCUT2D eigenvalue weighted by Crippen LogP contribution is 2.23. The second-order valence-electron chi connectivity index (χ2n) is 7.45. The van der Waals surface area contributed by atoms with Crippen molar-refractivity contribution in [1.29, 1.82) is 0 Å². The van der Waals surface area contributed by atoms with Gasteiger partial charge in [0.15, 0.2) is 0 Å². The highest BCUT2D eigenvalue weighted by atomic mass is 16.2. The molecule has 7 nitrogen and oxygen atoms in total. The number of anilines is 2. The van der Waals surface area contributed by atoms with Crippen molar-refractivity contribution in [2.75, 3.05) is 24.7 Å². The fraction of sp³-hybridized carbons (Fsp3) is 0.154. The minimum Gasteiger partial charge on any atom is -0.357 e. The maximum atomic E-state index is 12.3. The van der Waals surface area contributed by atoms with Gasteiger partial charge in [0.2, 0.25) is 11.9 Å². The fourth-order valence-corrected chi connectivity index (χ4v) is 3.22. The van der Waals surface area contributed by atoms with E-state index in [1.807, 2.05) is 36.4 Å². The van der Waals surface area contributed by atoms with Crippen LogP contribution in [0.5, 0.6) is 0 Å². The molecule has 3 N–H and O–H groups in total. The van der Waals surface area contributed by atoms with Gasteiger partial charge in [0.05, 0.1) is 6.04 Å². The fourth-order valence-electron chi connectivity index (χ4n) is 3.22. The largest absolute Gasteiger partial charge is 0.357 e. The third kappa shape index (κ3) is 5.14. The average molecular weight is 437 g/mol. The van der Waals surface area contributed by atoms with Gasteiger partial charge in [0.1, 0.15) is 11.5 Å². The topological polar surface area (TPSA) is 91.8 Å². The first-order valence-electron chi connectivity index (χ1n) is 10.6. The summed E-state index contributed by atoms with van der Waals surface area (Å²) in [6, 6.07) is 17.5. The van der Waals surface area contributed by atoms with Gasteiger partial charge < -0.3 is 16.0 Å². The zero-order valence-corrected chi connectivity index (χ0v) is 18.7. The number of hydrogen-bond donors (Lipinski definition) is 3. The quantitative estimate of drug-likeness (QED) is 0.414. The standard InChI is InChI=1S/C26H24N6O/c1-17(27-2)25(33)32-24-13-11-22(21-15-29-26(28-3)30-16-21)23(31-24)12-9-18-8-10-19-6-4-5-7-20(19)14-18/h4-8,10-11,13-17,27H,1-3H3,(H,28,29,30)(H,31,32,33). The summed E-state index contributed by atoms with van der Waals surface area (Å²) in [5.74, 6) is 7.18. The number of benzene rings is 2. The number of rotatable bonds is 5. The van der Waals surface area contributed by atoms with Crippen LogP contribution < -0.4 is 16.0 Å². The van der Waals surface area contributed by atoms with Crippen LogP contribution in [0.4, 0.5) is 11.8 Å². The van der Waals surface area contributed by atoms with Crippen molar-refractivity contribution < 1.29 is 4.79 Å². The lowest BCUT2D eigenvalue weighted by molar-refractivity contribution is -0.117. The van der Waals surface area contributed by atoms with Crippen LogP contribution >= 0.6 is 0 Å². The van der Waals surface area contributed by atoms with E-state index >= 15 is 0 Å². The molecule has 0 saturated heterocycles. The molecule has 33 heavy (non-hydrogen) atoms. The number of aromatic nitrogens is 3. The molecule has 1 unspecified atom stereocenters. The van der Waals surface area contributed by atoms with Crippen LogP contribution in [-0.4, -0.2) is 41.0 Å². The number of carbonyl (C=O) groups is 1. The second kappa shape index (κ2) is 9.90. The smallest absolute Gasteiger partial charge is 0.242 e. The highest BCUT2D eigenvalue weighted by molar-refractivity contribution is 5.94. The number of fused-ring (bicyclic) bond motifs is 1. The minimum absolute atomic E-state index is 0.173. The van der Waals surface area contributed by atoms with Gasteiger partial charge in [-0.1, -0.05) is 36.3 Å². The van der Waals surface area contributed by atoms with E-state index < -0.39 is 0 Å². The summed E-state index contributed by atoms with van der Waals surface area (Å²) >= 11 is 0. The first-order valence-corrected chi connectivity index (χ1v) is 10.6. The van der Waals surface area contributed by atoms with Crippen molar-refractivity contribution in [2.24, 2.45) is 0 Å². The summed E-state index contributed by atoms with van der Waals surface area (Å²) in [7, 11) is 3.50. The Balaban J connectivity index is 1.74. The molecule has 4 aromatic rings. The monoisotopic (exact) mass is 436 g/mol. The molecule has 0 bridgehead atoms. The molecule has 164 valence electrons. The Labute approximate surface area is 192 Å². The molecule has 2 heterocycles. The van der Waals surface area contributed by atoms with E-state index in [0.717, 1.165) is 27.5 Å². The van der Waals surface area contributed by atoms with Gasteiger partial charge in [-0.15, -0.1) is 0 Å². The molecule has 0 fully saturated rings. The van der Waals surface area contributed by atoms with Crippen molar-refractivity contribution in [1.82, 2.24) is 20.3 Å². The van der Waals surface area contributed by atoms with Crippen LogP contribution in [0.2, 0.25) is 0 Å². The van der Waals surface area contributed by atoms with Gasteiger partial charge in [0, 0.05) is 36.1 Å². The minimum atomic E-state index is -0.346. The van der Waals surface area contributed by atoms with Gasteiger partial charge in [-0.3, -0.25) is 4.79 Å². The molecule has 0 aliphatic heterocycles. The molecule has 1 amide bonds. The van der Waals surface area contributed by atoms with E-state index in [0.29, 0.717) is 17.5 Å². The number of amides is 1. The van der Waals surface area contributed by atoms with Crippen LogP contribution in [0, 0.1) is 11.8 Å². The van der Waals surface area contributed by atoms with Crippen molar-refractivity contribution >= 4 is 28.4 Å². The van der Waals surface area contributed by atoms with Crippen molar-refractivity contribution in [3.63, 3.8) is 0 Å². The molecule has 7 heteroatoms. The normalized spacial score (nSPS) is 11.4. The van der Waals surface area contributed by atoms with E-state index in [9.17, 15) is 4.79 Å². The average Bonchev–Trinajstić information content (AvgIpc) is 2.87. The Hall–Kier alpha value is -4.28. The van der Waals surface area contributed by atoms with Crippen molar-refractivity contribution in [2.45, 2.75) is 13.0 Å². The molecule has 0 radical (unpaired) electrons. The number of carbonyl (C=O) groups excluding carboxylic acids is 1. The SMILES string of the molecule is CNc1ncc(-c2ccc(NC(=O)C(C)NC)nc2C#Cc2ccc3ccccc3c2)cn1. The molecule has 2 aromatic carbocycles. The third-order valence-corrected chi connectivity index (χ3v) is 5.23. The molecule has 2 aromatic heterocycles. The van der Waals surface area contributed by atoms with E-state index in [2.05, 4.69) is 54.9 Å². The number of nitrogens with one attached hydrogen (secondary N) is 3. The predicted octanol–water partition coefficient (Wildman–Crippen LogP) is 3.68. The van der Waals surface area contributed by atoms with Crippen LogP contribution in [-0.2, 0) is 4.79 Å². The molecule has 0 aliphatic rings. The summed E-state index contributed by atoms with van der Waals surface area (Å²) in [6.45, 7) is 1.78. The lowest BCUT2D eigenvalue weighted by Crippen LogP contribution is -2.35. The van der Waals surface area contributed by atoms with Crippen LogP contribution in [0.3, 0.4) is 0 Å². The van der Waals surface area contributed by atoms with E-state index in [4.69, 9.17) is 0 Å². The Bertz CT molecular complexity index is 1350. The van der Waals surface area contributed by atoms with E-state index in [1.54, 1.807) is 39.5 Å². The first-order chi connectivity index (χ1) is 16.1. The Morgan fingerprint density at radius 3 is 2.42 bits per heavy atom. The lowest BCUT2D eigenvalue weighted by atomic mass is 10.1. The maximum Gasteiger partial charge on any atom is 0.242 e. The highest BCUT2D eigenvalue weighted by Gasteiger charge is 2.13. The molecular weight excluding hydrogens is 412 g/mol. The summed E-state index contributed by atoms with van der Waals surface area (Å²) in [6.07, 6.45) is 3.44.